The molecule has 8 heteroatoms. The molecule has 0 aliphatic carbocycles. The van der Waals surface area contributed by atoms with Crippen LogP contribution >= 0.6 is 23.2 Å². The lowest BCUT2D eigenvalue weighted by Gasteiger charge is -2.22. The van der Waals surface area contributed by atoms with Crippen LogP contribution in [0.4, 0.5) is 30.2 Å². The van der Waals surface area contributed by atoms with Crippen molar-refractivity contribution < 1.29 is 18.0 Å². The first-order chi connectivity index (χ1) is 13.7. The Kier molecular flexibility index (Phi) is 6.05. The highest BCUT2D eigenvalue weighted by Crippen LogP contribution is 2.37. The van der Waals surface area contributed by atoms with Gasteiger partial charge in [0.25, 0.3) is 5.91 Å². The van der Waals surface area contributed by atoms with Crippen LogP contribution in [-0.4, -0.2) is 13.0 Å². The summed E-state index contributed by atoms with van der Waals surface area (Å²) in [6, 6.07) is 16.4. The Balaban J connectivity index is 1.80. The Morgan fingerprint density at radius 3 is 2.21 bits per heavy atom. The first-order valence-electron chi connectivity index (χ1n) is 8.43. The first kappa shape index (κ1) is 21.0. The van der Waals surface area contributed by atoms with Gasteiger partial charge < -0.3 is 10.2 Å². The van der Waals surface area contributed by atoms with Crippen LogP contribution in [-0.2, 0) is 6.18 Å². The van der Waals surface area contributed by atoms with Gasteiger partial charge in [-0.2, -0.15) is 13.2 Å². The second-order valence-electron chi connectivity index (χ2n) is 6.20. The van der Waals surface area contributed by atoms with Gasteiger partial charge in [0.1, 0.15) is 0 Å². The van der Waals surface area contributed by atoms with E-state index in [2.05, 4.69) is 5.32 Å². The molecule has 0 fully saturated rings. The van der Waals surface area contributed by atoms with E-state index in [0.717, 1.165) is 12.1 Å². The van der Waals surface area contributed by atoms with E-state index in [4.69, 9.17) is 23.2 Å². The molecule has 3 rings (SSSR count). The van der Waals surface area contributed by atoms with Crippen molar-refractivity contribution in [1.82, 2.24) is 0 Å². The zero-order valence-electron chi connectivity index (χ0n) is 15.1. The van der Waals surface area contributed by atoms with E-state index >= 15 is 0 Å². The molecule has 0 atom stereocenters. The number of hydrogen-bond acceptors (Lipinski definition) is 2. The largest absolute Gasteiger partial charge is 0.416 e. The van der Waals surface area contributed by atoms with E-state index < -0.39 is 11.7 Å². The summed E-state index contributed by atoms with van der Waals surface area (Å²) in [6.45, 7) is 0. The van der Waals surface area contributed by atoms with E-state index in [0.29, 0.717) is 22.0 Å². The molecule has 150 valence electrons. The maximum Gasteiger partial charge on any atom is 0.416 e. The van der Waals surface area contributed by atoms with Gasteiger partial charge in [-0.3, -0.25) is 4.79 Å². The number of amides is 1. The number of nitrogens with zero attached hydrogens (tertiary/aromatic N) is 1. The summed E-state index contributed by atoms with van der Waals surface area (Å²) < 4.78 is 39.0. The highest BCUT2D eigenvalue weighted by molar-refractivity contribution is 6.34. The van der Waals surface area contributed by atoms with Crippen molar-refractivity contribution in [2.24, 2.45) is 0 Å². The van der Waals surface area contributed by atoms with E-state index in [-0.39, 0.29) is 16.6 Å². The Labute approximate surface area is 175 Å². The normalized spacial score (nSPS) is 11.2. The number of halogens is 5. The lowest BCUT2D eigenvalue weighted by molar-refractivity contribution is -0.137. The monoisotopic (exact) mass is 438 g/mol. The van der Waals surface area contributed by atoms with Gasteiger partial charge in [0.05, 0.1) is 26.9 Å². The van der Waals surface area contributed by atoms with Crippen LogP contribution in [0, 0.1) is 0 Å². The molecule has 0 aromatic heterocycles. The molecule has 29 heavy (non-hydrogen) atoms. The zero-order valence-corrected chi connectivity index (χ0v) is 16.6. The standard InChI is InChI=1S/C21H15Cl2F3N2O/c1-28(19-12-13(21(24,25)26)6-11-18(19)23)15-9-7-14(8-10-15)27-20(29)16-4-2-3-5-17(16)22/h2-12H,1H3,(H,27,29). The topological polar surface area (TPSA) is 32.3 Å². The lowest BCUT2D eigenvalue weighted by Crippen LogP contribution is -2.14. The Bertz CT molecular complexity index is 1040. The fourth-order valence-electron chi connectivity index (χ4n) is 2.70. The predicted molar refractivity (Wildman–Crippen MR) is 110 cm³/mol. The summed E-state index contributed by atoms with van der Waals surface area (Å²) in [5.41, 5.74) is 0.886. The Morgan fingerprint density at radius 1 is 0.931 bits per heavy atom. The van der Waals surface area contributed by atoms with Crippen LogP contribution in [0.1, 0.15) is 15.9 Å². The molecule has 1 N–H and O–H groups in total. The Hall–Kier alpha value is -2.70. The molecule has 0 spiro atoms. The van der Waals surface area contributed by atoms with Crippen molar-refractivity contribution in [2.45, 2.75) is 6.18 Å². The zero-order chi connectivity index (χ0) is 21.2. The van der Waals surface area contributed by atoms with Crippen LogP contribution in [0.25, 0.3) is 0 Å². The van der Waals surface area contributed by atoms with Crippen molar-refractivity contribution in [2.75, 3.05) is 17.3 Å². The van der Waals surface area contributed by atoms with Gasteiger partial charge in [0.15, 0.2) is 0 Å². The molecule has 3 aromatic rings. The minimum Gasteiger partial charge on any atom is -0.343 e. The van der Waals surface area contributed by atoms with Crippen molar-refractivity contribution >= 4 is 46.2 Å². The third-order valence-electron chi connectivity index (χ3n) is 4.27. The molecule has 0 saturated heterocycles. The number of carbonyl (C=O) groups is 1. The molecular weight excluding hydrogens is 424 g/mol. The predicted octanol–water partition coefficient (Wildman–Crippen LogP) is 7.03. The number of anilines is 3. The van der Waals surface area contributed by atoms with Gasteiger partial charge in [-0.15, -0.1) is 0 Å². The summed E-state index contributed by atoms with van der Waals surface area (Å²) in [5.74, 6) is -0.363. The molecule has 3 nitrogen and oxygen atoms in total. The number of carbonyl (C=O) groups excluding carboxylic acids is 1. The maximum atomic E-state index is 13.0. The summed E-state index contributed by atoms with van der Waals surface area (Å²) in [6.07, 6.45) is -4.47. The van der Waals surface area contributed by atoms with E-state index in [1.165, 1.54) is 11.0 Å². The van der Waals surface area contributed by atoms with Crippen LogP contribution in [0.5, 0.6) is 0 Å². The summed E-state index contributed by atoms with van der Waals surface area (Å²) >= 11 is 12.1. The Morgan fingerprint density at radius 2 is 1.59 bits per heavy atom. The SMILES string of the molecule is CN(c1ccc(NC(=O)c2ccccc2Cl)cc1)c1cc(C(F)(F)F)ccc1Cl. The number of alkyl halides is 3. The fourth-order valence-corrected chi connectivity index (χ4v) is 3.16. The number of rotatable bonds is 4. The third-order valence-corrected chi connectivity index (χ3v) is 4.91. The molecule has 0 saturated carbocycles. The second kappa shape index (κ2) is 8.35. The molecule has 0 aliphatic heterocycles. The maximum absolute atomic E-state index is 13.0. The molecule has 3 aromatic carbocycles. The van der Waals surface area contributed by atoms with Crippen molar-refractivity contribution in [3.63, 3.8) is 0 Å². The molecule has 0 radical (unpaired) electrons. The average molecular weight is 439 g/mol. The van der Waals surface area contributed by atoms with Gasteiger partial charge >= 0.3 is 6.18 Å². The van der Waals surface area contributed by atoms with Crippen molar-refractivity contribution in [1.29, 1.82) is 0 Å². The molecular formula is C21H15Cl2F3N2O. The number of nitrogens with one attached hydrogen (secondary N) is 1. The summed E-state index contributed by atoms with van der Waals surface area (Å²) in [4.78, 5) is 13.9. The highest BCUT2D eigenvalue weighted by Gasteiger charge is 2.31. The van der Waals surface area contributed by atoms with Crippen LogP contribution in [0.15, 0.2) is 66.7 Å². The van der Waals surface area contributed by atoms with E-state index in [9.17, 15) is 18.0 Å². The van der Waals surface area contributed by atoms with Gasteiger partial charge in [0, 0.05) is 18.4 Å². The van der Waals surface area contributed by atoms with Gasteiger partial charge in [-0.25, -0.2) is 0 Å². The number of benzene rings is 3. The second-order valence-corrected chi connectivity index (χ2v) is 7.02. The molecule has 0 heterocycles. The average Bonchev–Trinajstić information content (AvgIpc) is 2.68. The minimum absolute atomic E-state index is 0.191. The fraction of sp³-hybridized carbons (Fsp3) is 0.0952. The lowest BCUT2D eigenvalue weighted by atomic mass is 10.1. The summed E-state index contributed by atoms with van der Waals surface area (Å²) in [5, 5.41) is 3.25. The highest BCUT2D eigenvalue weighted by atomic mass is 35.5. The first-order valence-corrected chi connectivity index (χ1v) is 9.19. The summed E-state index contributed by atoms with van der Waals surface area (Å²) in [7, 11) is 1.61. The van der Waals surface area contributed by atoms with E-state index in [1.807, 2.05) is 0 Å². The van der Waals surface area contributed by atoms with Gasteiger partial charge in [-0.05, 0) is 54.6 Å². The molecule has 1 amide bonds. The quantitative estimate of drug-likeness (QED) is 0.473. The molecule has 0 unspecified atom stereocenters. The van der Waals surface area contributed by atoms with Crippen molar-refractivity contribution in [3.8, 4) is 0 Å². The van der Waals surface area contributed by atoms with Gasteiger partial charge in [-0.1, -0.05) is 35.3 Å². The van der Waals surface area contributed by atoms with Crippen molar-refractivity contribution in [3.05, 3.63) is 87.9 Å². The molecule has 0 bridgehead atoms. The van der Waals surface area contributed by atoms with Gasteiger partial charge in [0.2, 0.25) is 0 Å². The van der Waals surface area contributed by atoms with E-state index in [1.54, 1.807) is 55.6 Å². The van der Waals surface area contributed by atoms with Crippen LogP contribution in [0.2, 0.25) is 10.0 Å². The smallest absolute Gasteiger partial charge is 0.343 e. The molecule has 0 aliphatic rings. The van der Waals surface area contributed by atoms with Crippen LogP contribution in [0.3, 0.4) is 0 Å². The third kappa shape index (κ3) is 4.83. The minimum atomic E-state index is -4.47. The van der Waals surface area contributed by atoms with Crippen LogP contribution < -0.4 is 10.2 Å². The number of hydrogen-bond donors (Lipinski definition) is 1.